The summed E-state index contributed by atoms with van der Waals surface area (Å²) in [6, 6.07) is 6.29. The fourth-order valence-corrected chi connectivity index (χ4v) is 3.71. The minimum absolute atomic E-state index is 0.0452. The van der Waals surface area contributed by atoms with Crippen molar-refractivity contribution in [2.75, 3.05) is 7.05 Å². The van der Waals surface area contributed by atoms with Gasteiger partial charge in [0.1, 0.15) is 6.33 Å². The number of carbonyl (C=O) groups excluding carboxylic acids is 1. The Kier molecular flexibility index (Phi) is 4.91. The van der Waals surface area contributed by atoms with E-state index in [1.54, 1.807) is 23.2 Å². The van der Waals surface area contributed by atoms with E-state index in [-0.39, 0.29) is 17.0 Å². The third kappa shape index (κ3) is 3.91. The van der Waals surface area contributed by atoms with Gasteiger partial charge in [-0.3, -0.25) is 4.57 Å². The van der Waals surface area contributed by atoms with Crippen LogP contribution in [0.2, 0.25) is 0 Å². The molecule has 1 aromatic carbocycles. The molecule has 1 heterocycles. The first kappa shape index (κ1) is 17.6. The second-order valence-electron chi connectivity index (χ2n) is 6.42. The number of rotatable bonds is 3. The number of nitrogens with zero attached hydrogens (tertiary/aromatic N) is 3. The highest BCUT2D eigenvalue weighted by Gasteiger charge is 2.23. The van der Waals surface area contributed by atoms with Gasteiger partial charge in [-0.25, -0.2) is 23.3 Å². The molecule has 1 aliphatic carbocycles. The molecule has 25 heavy (non-hydrogen) atoms. The molecule has 0 saturated heterocycles. The molecule has 0 spiro atoms. The molecule has 0 bridgehead atoms. The lowest BCUT2D eigenvalue weighted by molar-refractivity contribution is 0.175. The number of sulfonamides is 1. The van der Waals surface area contributed by atoms with E-state index in [4.69, 9.17) is 5.14 Å². The molecule has 1 saturated carbocycles. The molecule has 1 aromatic heterocycles. The van der Waals surface area contributed by atoms with Crippen molar-refractivity contribution in [1.82, 2.24) is 14.5 Å². The van der Waals surface area contributed by atoms with E-state index < -0.39 is 10.0 Å². The Morgan fingerprint density at radius 2 is 1.84 bits per heavy atom. The maximum atomic E-state index is 12.6. The van der Waals surface area contributed by atoms with Gasteiger partial charge in [-0.2, -0.15) is 0 Å². The molecule has 1 amide bonds. The van der Waals surface area contributed by atoms with Crippen LogP contribution in [0.25, 0.3) is 11.3 Å². The van der Waals surface area contributed by atoms with Crippen LogP contribution in [-0.2, 0) is 10.0 Å². The van der Waals surface area contributed by atoms with Crippen LogP contribution in [0.5, 0.6) is 0 Å². The average Bonchev–Trinajstić information content (AvgIpc) is 3.10. The fourth-order valence-electron chi connectivity index (χ4n) is 3.20. The van der Waals surface area contributed by atoms with Gasteiger partial charge in [-0.15, -0.1) is 0 Å². The first-order chi connectivity index (χ1) is 11.9. The predicted molar refractivity (Wildman–Crippen MR) is 94.5 cm³/mol. The van der Waals surface area contributed by atoms with Crippen molar-refractivity contribution >= 4 is 16.1 Å². The van der Waals surface area contributed by atoms with E-state index in [9.17, 15) is 13.2 Å². The summed E-state index contributed by atoms with van der Waals surface area (Å²) in [6.07, 6.45) is 8.79. The van der Waals surface area contributed by atoms with Crippen molar-refractivity contribution in [2.45, 2.75) is 43.0 Å². The SMILES string of the molecule is CN(C(=O)n1cnc(-c2ccc(S(N)(=O)=O)cc2)c1)C1CCCCC1. The molecule has 7 nitrogen and oxygen atoms in total. The molecular weight excluding hydrogens is 340 g/mol. The van der Waals surface area contributed by atoms with E-state index in [1.165, 1.54) is 29.4 Å². The van der Waals surface area contributed by atoms with Crippen molar-refractivity contribution in [1.29, 1.82) is 0 Å². The number of carbonyl (C=O) groups is 1. The number of imidazole rings is 1. The van der Waals surface area contributed by atoms with E-state index in [2.05, 4.69) is 4.98 Å². The Bertz CT molecular complexity index is 852. The standard InChI is InChI=1S/C17H22N4O3S/c1-20(14-5-3-2-4-6-14)17(22)21-11-16(19-12-21)13-7-9-15(10-8-13)25(18,23)24/h7-12,14H,2-6H2,1H3,(H2,18,23,24). The number of primary sulfonamides is 1. The Morgan fingerprint density at radius 1 is 1.20 bits per heavy atom. The summed E-state index contributed by atoms with van der Waals surface area (Å²) in [7, 11) is -1.89. The van der Waals surface area contributed by atoms with Crippen molar-refractivity contribution in [3.05, 3.63) is 36.8 Å². The first-order valence-electron chi connectivity index (χ1n) is 8.30. The quantitative estimate of drug-likeness (QED) is 0.906. The Morgan fingerprint density at radius 3 is 2.44 bits per heavy atom. The van der Waals surface area contributed by atoms with Gasteiger partial charge in [-0.1, -0.05) is 31.4 Å². The number of benzene rings is 1. The van der Waals surface area contributed by atoms with Crippen LogP contribution in [0.3, 0.4) is 0 Å². The first-order valence-corrected chi connectivity index (χ1v) is 9.85. The van der Waals surface area contributed by atoms with Crippen LogP contribution in [0, 0.1) is 0 Å². The number of hydrogen-bond donors (Lipinski definition) is 1. The number of hydrogen-bond acceptors (Lipinski definition) is 4. The van der Waals surface area contributed by atoms with Crippen LogP contribution in [0.4, 0.5) is 4.79 Å². The summed E-state index contributed by atoms with van der Waals surface area (Å²) in [5.41, 5.74) is 1.32. The average molecular weight is 362 g/mol. The van der Waals surface area contributed by atoms with Gasteiger partial charge >= 0.3 is 6.03 Å². The zero-order valence-corrected chi connectivity index (χ0v) is 14.9. The maximum absolute atomic E-state index is 12.6. The van der Waals surface area contributed by atoms with Crippen LogP contribution < -0.4 is 5.14 Å². The van der Waals surface area contributed by atoms with E-state index >= 15 is 0 Å². The second kappa shape index (κ2) is 6.97. The molecule has 3 rings (SSSR count). The Balaban J connectivity index is 1.76. The van der Waals surface area contributed by atoms with Crippen LogP contribution in [0.15, 0.2) is 41.7 Å². The summed E-state index contributed by atoms with van der Waals surface area (Å²) in [5.74, 6) is 0. The normalized spacial score (nSPS) is 15.9. The topological polar surface area (TPSA) is 98.3 Å². The highest BCUT2D eigenvalue weighted by atomic mass is 32.2. The zero-order chi connectivity index (χ0) is 18.0. The summed E-state index contributed by atoms with van der Waals surface area (Å²) in [4.78, 5) is 18.7. The minimum atomic E-state index is -3.72. The Labute approximate surface area is 147 Å². The molecule has 134 valence electrons. The van der Waals surface area contributed by atoms with Crippen LogP contribution >= 0.6 is 0 Å². The second-order valence-corrected chi connectivity index (χ2v) is 7.98. The van der Waals surface area contributed by atoms with Crippen molar-refractivity contribution in [3.63, 3.8) is 0 Å². The van der Waals surface area contributed by atoms with Gasteiger partial charge in [0, 0.05) is 24.8 Å². The van der Waals surface area contributed by atoms with Gasteiger partial charge in [0.15, 0.2) is 0 Å². The highest BCUT2D eigenvalue weighted by Crippen LogP contribution is 2.23. The molecule has 0 atom stereocenters. The summed E-state index contributed by atoms with van der Waals surface area (Å²) in [6.45, 7) is 0. The summed E-state index contributed by atoms with van der Waals surface area (Å²) in [5, 5.41) is 5.10. The largest absolute Gasteiger partial charge is 0.329 e. The van der Waals surface area contributed by atoms with E-state index in [1.807, 2.05) is 7.05 Å². The monoisotopic (exact) mass is 362 g/mol. The van der Waals surface area contributed by atoms with E-state index in [0.29, 0.717) is 5.69 Å². The molecule has 1 aliphatic rings. The van der Waals surface area contributed by atoms with Gasteiger partial charge in [0.2, 0.25) is 10.0 Å². The van der Waals surface area contributed by atoms with Gasteiger partial charge < -0.3 is 4.90 Å². The number of amides is 1. The third-order valence-electron chi connectivity index (χ3n) is 4.71. The fraction of sp³-hybridized carbons (Fsp3) is 0.412. The highest BCUT2D eigenvalue weighted by molar-refractivity contribution is 7.89. The van der Waals surface area contributed by atoms with Crippen molar-refractivity contribution in [3.8, 4) is 11.3 Å². The minimum Gasteiger partial charge on any atom is -0.324 e. The lowest BCUT2D eigenvalue weighted by atomic mass is 9.95. The van der Waals surface area contributed by atoms with Gasteiger partial charge in [-0.05, 0) is 25.0 Å². The smallest absolute Gasteiger partial charge is 0.324 e. The molecule has 0 radical (unpaired) electrons. The predicted octanol–water partition coefficient (Wildman–Crippen LogP) is 2.43. The summed E-state index contributed by atoms with van der Waals surface area (Å²) >= 11 is 0. The number of nitrogens with two attached hydrogens (primary N) is 1. The third-order valence-corrected chi connectivity index (χ3v) is 5.64. The maximum Gasteiger partial charge on any atom is 0.329 e. The van der Waals surface area contributed by atoms with E-state index in [0.717, 1.165) is 31.2 Å². The molecule has 8 heteroatoms. The number of aromatic nitrogens is 2. The molecule has 1 fully saturated rings. The van der Waals surface area contributed by atoms with Gasteiger partial charge in [0.05, 0.1) is 10.6 Å². The molecular formula is C17H22N4O3S. The van der Waals surface area contributed by atoms with Gasteiger partial charge in [0.25, 0.3) is 0 Å². The Hall–Kier alpha value is -2.19. The molecule has 2 aromatic rings. The van der Waals surface area contributed by atoms with Crippen molar-refractivity contribution < 1.29 is 13.2 Å². The lowest BCUT2D eigenvalue weighted by Gasteiger charge is -2.31. The van der Waals surface area contributed by atoms with Crippen molar-refractivity contribution in [2.24, 2.45) is 5.14 Å². The molecule has 0 aliphatic heterocycles. The molecule has 2 N–H and O–H groups in total. The molecule has 0 unspecified atom stereocenters. The van der Waals surface area contributed by atoms with Crippen LogP contribution in [-0.4, -0.2) is 42.0 Å². The summed E-state index contributed by atoms with van der Waals surface area (Å²) < 4.78 is 24.1. The zero-order valence-electron chi connectivity index (χ0n) is 14.1. The lowest BCUT2D eigenvalue weighted by Crippen LogP contribution is -2.40. The van der Waals surface area contributed by atoms with Crippen LogP contribution in [0.1, 0.15) is 32.1 Å².